The molecule has 34 heavy (non-hydrogen) atoms. The Morgan fingerprint density at radius 1 is 0.912 bits per heavy atom. The van der Waals surface area contributed by atoms with Crippen LogP contribution in [0.4, 0.5) is 0 Å². The van der Waals surface area contributed by atoms with Gasteiger partial charge in [0, 0.05) is 30.0 Å². The molecule has 1 fully saturated rings. The maximum absolute atomic E-state index is 13.9. The lowest BCUT2D eigenvalue weighted by Gasteiger charge is -2.35. The second-order valence-electron chi connectivity index (χ2n) is 9.27. The Balaban J connectivity index is 1.43. The van der Waals surface area contributed by atoms with Crippen LogP contribution in [0.2, 0.25) is 0 Å². The predicted molar refractivity (Wildman–Crippen MR) is 137 cm³/mol. The van der Waals surface area contributed by atoms with Gasteiger partial charge < -0.3 is 14.2 Å². The van der Waals surface area contributed by atoms with Crippen LogP contribution in [0.5, 0.6) is 5.75 Å². The Kier molecular flexibility index (Phi) is 6.66. The minimum Gasteiger partial charge on any atom is -0.497 e. The van der Waals surface area contributed by atoms with E-state index in [0.29, 0.717) is 6.54 Å². The Morgan fingerprint density at radius 3 is 2.56 bits per heavy atom. The Bertz CT molecular complexity index is 1270. The molecule has 0 N–H and O–H groups in total. The van der Waals surface area contributed by atoms with Crippen molar-refractivity contribution in [1.82, 2.24) is 9.47 Å². The van der Waals surface area contributed by atoms with E-state index in [1.54, 1.807) is 7.11 Å². The molecule has 1 aliphatic rings. The number of amides is 1. The molecule has 174 valence electrons. The van der Waals surface area contributed by atoms with Gasteiger partial charge in [-0.1, -0.05) is 61.7 Å². The van der Waals surface area contributed by atoms with Crippen molar-refractivity contribution in [2.24, 2.45) is 0 Å². The van der Waals surface area contributed by atoms with E-state index >= 15 is 0 Å². The summed E-state index contributed by atoms with van der Waals surface area (Å²) < 4.78 is 7.65. The van der Waals surface area contributed by atoms with Gasteiger partial charge in [-0.25, -0.2) is 0 Å². The minimum absolute atomic E-state index is 0.131. The SMILES string of the molecule is COc1cccc(Cn2cccc2CN(C(=O)c2ccc3ccccc3c2)C2CCCCC2)c1. The Labute approximate surface area is 201 Å². The molecule has 4 nitrogen and oxygen atoms in total. The first-order valence-electron chi connectivity index (χ1n) is 12.3. The zero-order valence-corrected chi connectivity index (χ0v) is 19.8. The number of methoxy groups -OCH3 is 1. The molecule has 0 saturated heterocycles. The standard InChI is InChI=1S/C30H32N2O2/c1-34-29-15-7-9-23(19-29)21-31-18-8-14-28(31)22-32(27-12-3-2-4-13-27)30(33)26-17-16-24-10-5-6-11-25(24)20-26/h5-11,14-20,27H,2-4,12-13,21-22H2,1H3. The van der Waals surface area contributed by atoms with Gasteiger partial charge in [0.25, 0.3) is 5.91 Å². The zero-order valence-electron chi connectivity index (χ0n) is 19.8. The van der Waals surface area contributed by atoms with Crippen molar-refractivity contribution in [2.75, 3.05) is 7.11 Å². The van der Waals surface area contributed by atoms with Gasteiger partial charge in [0.2, 0.25) is 0 Å². The maximum atomic E-state index is 13.9. The highest BCUT2D eigenvalue weighted by Gasteiger charge is 2.27. The molecular formula is C30H32N2O2. The summed E-state index contributed by atoms with van der Waals surface area (Å²) >= 11 is 0. The van der Waals surface area contributed by atoms with E-state index in [1.807, 2.05) is 36.4 Å². The van der Waals surface area contributed by atoms with Crippen LogP contribution in [0.3, 0.4) is 0 Å². The fraction of sp³-hybridized carbons (Fsp3) is 0.300. The lowest BCUT2D eigenvalue weighted by Crippen LogP contribution is -2.41. The van der Waals surface area contributed by atoms with E-state index < -0.39 is 0 Å². The van der Waals surface area contributed by atoms with E-state index in [9.17, 15) is 4.79 Å². The van der Waals surface area contributed by atoms with Crippen molar-refractivity contribution in [2.45, 2.75) is 51.2 Å². The van der Waals surface area contributed by atoms with E-state index in [-0.39, 0.29) is 11.9 Å². The summed E-state index contributed by atoms with van der Waals surface area (Å²) in [6, 6.07) is 27.0. The van der Waals surface area contributed by atoms with Crippen LogP contribution < -0.4 is 4.74 Å². The van der Waals surface area contributed by atoms with Crippen LogP contribution in [-0.2, 0) is 13.1 Å². The normalized spacial score (nSPS) is 14.3. The van der Waals surface area contributed by atoms with Gasteiger partial charge in [-0.3, -0.25) is 4.79 Å². The summed E-state index contributed by atoms with van der Waals surface area (Å²) in [6.45, 7) is 1.37. The molecule has 0 unspecified atom stereocenters. The number of hydrogen-bond donors (Lipinski definition) is 0. The summed E-state index contributed by atoms with van der Waals surface area (Å²) in [5, 5.41) is 2.27. The van der Waals surface area contributed by atoms with Crippen molar-refractivity contribution in [3.63, 3.8) is 0 Å². The largest absolute Gasteiger partial charge is 0.497 e. The number of hydrogen-bond acceptors (Lipinski definition) is 2. The number of carbonyl (C=O) groups excluding carboxylic acids is 1. The van der Waals surface area contributed by atoms with Crippen LogP contribution in [0.25, 0.3) is 10.8 Å². The van der Waals surface area contributed by atoms with Crippen molar-refractivity contribution in [1.29, 1.82) is 0 Å². The number of nitrogens with zero attached hydrogens (tertiary/aromatic N) is 2. The third-order valence-electron chi connectivity index (χ3n) is 7.02. The molecule has 1 heterocycles. The van der Waals surface area contributed by atoms with Gasteiger partial charge >= 0.3 is 0 Å². The first-order chi connectivity index (χ1) is 16.7. The summed E-state index contributed by atoms with van der Waals surface area (Å²) in [5.74, 6) is 0.994. The molecule has 1 saturated carbocycles. The highest BCUT2D eigenvalue weighted by molar-refractivity contribution is 5.98. The monoisotopic (exact) mass is 452 g/mol. The van der Waals surface area contributed by atoms with Crippen molar-refractivity contribution < 1.29 is 9.53 Å². The molecule has 1 amide bonds. The van der Waals surface area contributed by atoms with Gasteiger partial charge in [-0.2, -0.15) is 0 Å². The highest BCUT2D eigenvalue weighted by atomic mass is 16.5. The first-order valence-corrected chi connectivity index (χ1v) is 12.3. The third-order valence-corrected chi connectivity index (χ3v) is 7.02. The van der Waals surface area contributed by atoms with Crippen molar-refractivity contribution in [3.05, 3.63) is 102 Å². The first kappa shape index (κ1) is 22.3. The predicted octanol–water partition coefficient (Wildman–Crippen LogP) is 6.67. The zero-order chi connectivity index (χ0) is 23.3. The summed E-state index contributed by atoms with van der Waals surface area (Å²) in [5.41, 5.74) is 3.11. The van der Waals surface area contributed by atoms with Crippen LogP contribution in [-0.4, -0.2) is 28.5 Å². The van der Waals surface area contributed by atoms with E-state index in [1.165, 1.54) is 24.8 Å². The van der Waals surface area contributed by atoms with Crippen LogP contribution in [0, 0.1) is 0 Å². The number of carbonyl (C=O) groups is 1. The molecule has 4 aromatic rings. The summed E-state index contributed by atoms with van der Waals surface area (Å²) in [6.07, 6.45) is 7.91. The molecule has 3 aromatic carbocycles. The molecule has 0 spiro atoms. The molecule has 4 heteroatoms. The minimum atomic E-state index is 0.131. The number of benzene rings is 3. The van der Waals surface area contributed by atoms with E-state index in [0.717, 1.165) is 47.2 Å². The fourth-order valence-corrected chi connectivity index (χ4v) is 5.14. The van der Waals surface area contributed by atoms with Crippen LogP contribution in [0.15, 0.2) is 85.1 Å². The van der Waals surface area contributed by atoms with E-state index in [4.69, 9.17) is 4.74 Å². The van der Waals surface area contributed by atoms with Crippen LogP contribution >= 0.6 is 0 Å². The molecule has 1 aromatic heterocycles. The lowest BCUT2D eigenvalue weighted by molar-refractivity contribution is 0.0609. The number of ether oxygens (including phenoxy) is 1. The van der Waals surface area contributed by atoms with Crippen molar-refractivity contribution in [3.8, 4) is 5.75 Å². The lowest BCUT2D eigenvalue weighted by atomic mass is 9.93. The van der Waals surface area contributed by atoms with Gasteiger partial charge in [0.05, 0.1) is 13.7 Å². The molecule has 5 rings (SSSR count). The van der Waals surface area contributed by atoms with Gasteiger partial charge in [0.15, 0.2) is 0 Å². The molecular weight excluding hydrogens is 420 g/mol. The topological polar surface area (TPSA) is 34.5 Å². The molecule has 0 bridgehead atoms. The van der Waals surface area contributed by atoms with Gasteiger partial charge in [-0.15, -0.1) is 0 Å². The van der Waals surface area contributed by atoms with Gasteiger partial charge in [-0.05, 0) is 65.6 Å². The molecule has 0 radical (unpaired) electrons. The third kappa shape index (κ3) is 4.86. The average molecular weight is 453 g/mol. The second kappa shape index (κ2) is 10.2. The summed E-state index contributed by atoms with van der Waals surface area (Å²) in [7, 11) is 1.70. The highest BCUT2D eigenvalue weighted by Crippen LogP contribution is 2.27. The second-order valence-corrected chi connectivity index (χ2v) is 9.27. The smallest absolute Gasteiger partial charge is 0.254 e. The molecule has 1 aliphatic carbocycles. The Morgan fingerprint density at radius 2 is 1.74 bits per heavy atom. The molecule has 0 aliphatic heterocycles. The fourth-order valence-electron chi connectivity index (χ4n) is 5.14. The van der Waals surface area contributed by atoms with E-state index in [2.05, 4.69) is 58.1 Å². The van der Waals surface area contributed by atoms with Crippen LogP contribution in [0.1, 0.15) is 53.7 Å². The Hall–Kier alpha value is -3.53. The summed E-state index contributed by atoms with van der Waals surface area (Å²) in [4.78, 5) is 16.0. The van der Waals surface area contributed by atoms with Crippen molar-refractivity contribution >= 4 is 16.7 Å². The quantitative estimate of drug-likeness (QED) is 0.314. The van der Waals surface area contributed by atoms with Gasteiger partial charge in [0.1, 0.15) is 5.75 Å². The number of rotatable bonds is 7. The average Bonchev–Trinajstić information content (AvgIpc) is 3.33. The molecule has 0 atom stereocenters. The maximum Gasteiger partial charge on any atom is 0.254 e. The number of aromatic nitrogens is 1. The number of fused-ring (bicyclic) bond motifs is 1.